The minimum absolute atomic E-state index is 0.240. The number of hydrogen-bond acceptors (Lipinski definition) is 3. The van der Waals surface area contributed by atoms with Crippen LogP contribution >= 0.6 is 0 Å². The van der Waals surface area contributed by atoms with Crippen LogP contribution in [-0.4, -0.2) is 38.3 Å². The fourth-order valence-electron chi connectivity index (χ4n) is 2.64. The number of carbonyl (C=O) groups excluding carboxylic acids is 1. The van der Waals surface area contributed by atoms with E-state index in [2.05, 4.69) is 17.6 Å². The van der Waals surface area contributed by atoms with Gasteiger partial charge in [-0.2, -0.15) is 0 Å². The molecule has 2 rings (SSSR count). The molecule has 4 heteroatoms. The summed E-state index contributed by atoms with van der Waals surface area (Å²) in [6.07, 6.45) is 4.51. The first kappa shape index (κ1) is 12.8. The molecule has 0 aromatic heterocycles. The molecule has 17 heavy (non-hydrogen) atoms. The minimum atomic E-state index is 0.240. The van der Waals surface area contributed by atoms with Gasteiger partial charge in [0.2, 0.25) is 5.91 Å². The second-order valence-electron chi connectivity index (χ2n) is 5.43. The third kappa shape index (κ3) is 3.96. The van der Waals surface area contributed by atoms with Gasteiger partial charge in [-0.25, -0.2) is 0 Å². The zero-order valence-electron chi connectivity index (χ0n) is 10.7. The summed E-state index contributed by atoms with van der Waals surface area (Å²) < 4.78 is 5.36. The molecule has 98 valence electrons. The van der Waals surface area contributed by atoms with Crippen LogP contribution in [0.3, 0.4) is 0 Å². The summed E-state index contributed by atoms with van der Waals surface area (Å²) >= 11 is 0. The summed E-state index contributed by atoms with van der Waals surface area (Å²) in [5.41, 5.74) is 0. The molecule has 1 unspecified atom stereocenters. The lowest BCUT2D eigenvalue weighted by Crippen LogP contribution is -2.49. The van der Waals surface area contributed by atoms with Crippen molar-refractivity contribution in [2.75, 3.05) is 26.3 Å². The molecule has 2 N–H and O–H groups in total. The van der Waals surface area contributed by atoms with Gasteiger partial charge in [0.15, 0.2) is 0 Å². The Morgan fingerprint density at radius 2 is 2.12 bits per heavy atom. The minimum Gasteiger partial charge on any atom is -0.378 e. The Bertz CT molecular complexity index is 244. The number of nitrogens with one attached hydrogen (secondary N) is 2. The van der Waals surface area contributed by atoms with Gasteiger partial charge < -0.3 is 15.4 Å². The van der Waals surface area contributed by atoms with Gasteiger partial charge in [-0.05, 0) is 31.6 Å². The summed E-state index contributed by atoms with van der Waals surface area (Å²) in [6.45, 7) is 5.36. The predicted molar refractivity (Wildman–Crippen MR) is 66.7 cm³/mol. The Morgan fingerprint density at radius 1 is 1.35 bits per heavy atom. The third-order valence-electron chi connectivity index (χ3n) is 3.91. The molecule has 1 heterocycles. The van der Waals surface area contributed by atoms with Crippen LogP contribution in [0.15, 0.2) is 0 Å². The molecule has 2 fully saturated rings. The van der Waals surface area contributed by atoms with Crippen LogP contribution in [0.1, 0.15) is 32.6 Å². The normalized spacial score (nSPS) is 34.3. The average molecular weight is 240 g/mol. The molecule has 1 saturated carbocycles. The lowest BCUT2D eigenvalue weighted by atomic mass is 9.82. The highest BCUT2D eigenvalue weighted by Gasteiger charge is 2.24. The van der Waals surface area contributed by atoms with Gasteiger partial charge in [0, 0.05) is 25.0 Å². The molecule has 1 aliphatic heterocycles. The molecule has 1 saturated heterocycles. The Kier molecular flexibility index (Phi) is 4.80. The van der Waals surface area contributed by atoms with E-state index in [-0.39, 0.29) is 17.9 Å². The number of carbonyl (C=O) groups is 1. The summed E-state index contributed by atoms with van der Waals surface area (Å²) in [7, 11) is 0. The van der Waals surface area contributed by atoms with Crippen molar-refractivity contribution in [1.82, 2.24) is 10.6 Å². The highest BCUT2D eigenvalue weighted by molar-refractivity contribution is 5.78. The van der Waals surface area contributed by atoms with E-state index >= 15 is 0 Å². The Hall–Kier alpha value is -0.610. The monoisotopic (exact) mass is 240 g/mol. The standard InChI is InChI=1S/C13H24N2O2/c1-10-2-4-11(5-3-10)13(16)15-8-12-9-17-7-6-14-12/h10-12,14H,2-9H2,1H3,(H,15,16). The van der Waals surface area contributed by atoms with Crippen LogP contribution in [0.2, 0.25) is 0 Å². The van der Waals surface area contributed by atoms with Gasteiger partial charge in [-0.3, -0.25) is 4.79 Å². The second kappa shape index (κ2) is 6.36. The molecule has 1 amide bonds. The highest BCUT2D eigenvalue weighted by Crippen LogP contribution is 2.28. The Balaban J connectivity index is 1.66. The molecular weight excluding hydrogens is 216 g/mol. The van der Waals surface area contributed by atoms with Crippen molar-refractivity contribution >= 4 is 5.91 Å². The van der Waals surface area contributed by atoms with E-state index in [1.54, 1.807) is 0 Å². The zero-order valence-corrected chi connectivity index (χ0v) is 10.7. The predicted octanol–water partition coefficient (Wildman–Crippen LogP) is 0.917. The zero-order chi connectivity index (χ0) is 12.1. The molecule has 0 radical (unpaired) electrons. The topological polar surface area (TPSA) is 50.4 Å². The third-order valence-corrected chi connectivity index (χ3v) is 3.91. The first-order chi connectivity index (χ1) is 8.25. The van der Waals surface area contributed by atoms with E-state index in [0.717, 1.165) is 31.9 Å². The highest BCUT2D eigenvalue weighted by atomic mass is 16.5. The summed E-state index contributed by atoms with van der Waals surface area (Å²) in [5, 5.41) is 6.40. The molecule has 1 atom stereocenters. The maximum Gasteiger partial charge on any atom is 0.223 e. The molecule has 1 aliphatic carbocycles. The quantitative estimate of drug-likeness (QED) is 0.771. The molecule has 0 spiro atoms. The van der Waals surface area contributed by atoms with Gasteiger partial charge in [0.05, 0.1) is 13.2 Å². The summed E-state index contributed by atoms with van der Waals surface area (Å²) in [6, 6.07) is 0.287. The molecule has 0 bridgehead atoms. The van der Waals surface area contributed by atoms with Gasteiger partial charge >= 0.3 is 0 Å². The SMILES string of the molecule is CC1CCC(C(=O)NCC2COCCN2)CC1. The smallest absolute Gasteiger partial charge is 0.223 e. The van der Waals surface area contributed by atoms with E-state index in [0.29, 0.717) is 13.2 Å². The van der Waals surface area contributed by atoms with Crippen LogP contribution in [0, 0.1) is 11.8 Å². The number of morpholine rings is 1. The van der Waals surface area contributed by atoms with Crippen LogP contribution in [0.25, 0.3) is 0 Å². The van der Waals surface area contributed by atoms with Crippen molar-refractivity contribution in [3.8, 4) is 0 Å². The van der Waals surface area contributed by atoms with Crippen molar-refractivity contribution in [2.45, 2.75) is 38.6 Å². The van der Waals surface area contributed by atoms with Gasteiger partial charge in [0.1, 0.15) is 0 Å². The van der Waals surface area contributed by atoms with Crippen molar-refractivity contribution in [1.29, 1.82) is 0 Å². The maximum absolute atomic E-state index is 12.0. The molecule has 4 nitrogen and oxygen atoms in total. The van der Waals surface area contributed by atoms with Gasteiger partial charge in [-0.15, -0.1) is 0 Å². The largest absolute Gasteiger partial charge is 0.378 e. The molecule has 2 aliphatic rings. The number of rotatable bonds is 3. The fraction of sp³-hybridized carbons (Fsp3) is 0.923. The second-order valence-corrected chi connectivity index (χ2v) is 5.43. The number of hydrogen-bond donors (Lipinski definition) is 2. The van der Waals surface area contributed by atoms with Crippen molar-refractivity contribution < 1.29 is 9.53 Å². The lowest BCUT2D eigenvalue weighted by molar-refractivity contribution is -0.126. The van der Waals surface area contributed by atoms with Crippen molar-refractivity contribution in [3.63, 3.8) is 0 Å². The Labute approximate surface area is 103 Å². The van der Waals surface area contributed by atoms with Crippen molar-refractivity contribution in [3.05, 3.63) is 0 Å². The molecule has 0 aromatic carbocycles. The summed E-state index contributed by atoms with van der Waals surface area (Å²) in [5.74, 6) is 1.28. The average Bonchev–Trinajstić information content (AvgIpc) is 2.38. The molecular formula is C13H24N2O2. The van der Waals surface area contributed by atoms with E-state index in [1.165, 1.54) is 12.8 Å². The van der Waals surface area contributed by atoms with E-state index in [4.69, 9.17) is 4.74 Å². The molecule has 0 aromatic rings. The van der Waals surface area contributed by atoms with E-state index in [9.17, 15) is 4.79 Å². The van der Waals surface area contributed by atoms with Crippen LogP contribution < -0.4 is 10.6 Å². The number of amides is 1. The number of ether oxygens (including phenoxy) is 1. The van der Waals surface area contributed by atoms with Crippen LogP contribution in [-0.2, 0) is 9.53 Å². The Morgan fingerprint density at radius 3 is 2.76 bits per heavy atom. The first-order valence-electron chi connectivity index (χ1n) is 6.84. The van der Waals surface area contributed by atoms with Crippen LogP contribution in [0.4, 0.5) is 0 Å². The van der Waals surface area contributed by atoms with Crippen LogP contribution in [0.5, 0.6) is 0 Å². The summed E-state index contributed by atoms with van der Waals surface area (Å²) in [4.78, 5) is 12.0. The van der Waals surface area contributed by atoms with Gasteiger partial charge in [-0.1, -0.05) is 6.92 Å². The van der Waals surface area contributed by atoms with E-state index < -0.39 is 0 Å². The fourth-order valence-corrected chi connectivity index (χ4v) is 2.64. The van der Waals surface area contributed by atoms with Crippen molar-refractivity contribution in [2.24, 2.45) is 11.8 Å². The first-order valence-corrected chi connectivity index (χ1v) is 6.84. The van der Waals surface area contributed by atoms with Gasteiger partial charge in [0.25, 0.3) is 0 Å². The lowest BCUT2D eigenvalue weighted by Gasteiger charge is -2.27. The maximum atomic E-state index is 12.0. The van der Waals surface area contributed by atoms with E-state index in [1.807, 2.05) is 0 Å².